The Morgan fingerprint density at radius 2 is 2.20 bits per heavy atom. The van der Waals surface area contributed by atoms with Gasteiger partial charge in [-0.1, -0.05) is 18.2 Å². The summed E-state index contributed by atoms with van der Waals surface area (Å²) in [4.78, 5) is 0.822. The van der Waals surface area contributed by atoms with Gasteiger partial charge in [-0.2, -0.15) is 4.40 Å². The quantitative estimate of drug-likeness (QED) is 0.650. The van der Waals surface area contributed by atoms with Crippen LogP contribution in [0.15, 0.2) is 38.0 Å². The van der Waals surface area contributed by atoms with Gasteiger partial charge in [0, 0.05) is 23.7 Å². The van der Waals surface area contributed by atoms with Crippen LogP contribution in [-0.4, -0.2) is 22.4 Å². The second-order valence-electron chi connectivity index (χ2n) is 2.93. The summed E-state index contributed by atoms with van der Waals surface area (Å²) in [5, 5.41) is 0. The zero-order valence-electron chi connectivity index (χ0n) is 8.00. The SMILES string of the molecule is C1=NSCC1.O=S1N=Cc2ccccc21. The van der Waals surface area contributed by atoms with Crippen LogP contribution in [0, 0.1) is 0 Å². The van der Waals surface area contributed by atoms with Gasteiger partial charge < -0.3 is 0 Å². The van der Waals surface area contributed by atoms with E-state index in [2.05, 4.69) is 8.80 Å². The van der Waals surface area contributed by atoms with Crippen molar-refractivity contribution >= 4 is 35.4 Å². The van der Waals surface area contributed by atoms with E-state index in [0.717, 1.165) is 10.5 Å². The minimum Gasteiger partial charge on any atom is -0.229 e. The molecule has 1 unspecified atom stereocenters. The van der Waals surface area contributed by atoms with Gasteiger partial charge in [0.05, 0.1) is 4.90 Å². The molecule has 78 valence electrons. The Bertz CT molecular complexity index is 423. The van der Waals surface area contributed by atoms with E-state index in [4.69, 9.17) is 0 Å². The van der Waals surface area contributed by atoms with Crippen LogP contribution in [0.5, 0.6) is 0 Å². The average molecular weight is 238 g/mol. The molecule has 0 N–H and O–H groups in total. The molecule has 0 aliphatic carbocycles. The first kappa shape index (κ1) is 10.6. The molecule has 15 heavy (non-hydrogen) atoms. The fourth-order valence-electron chi connectivity index (χ4n) is 1.17. The Hall–Kier alpha value is -0.940. The summed E-state index contributed by atoms with van der Waals surface area (Å²) in [6.07, 6.45) is 4.76. The molecule has 2 aliphatic rings. The van der Waals surface area contributed by atoms with Crippen molar-refractivity contribution in [3.05, 3.63) is 29.8 Å². The predicted octanol–water partition coefficient (Wildman–Crippen LogP) is 2.25. The Labute approximate surface area is 95.4 Å². The molecule has 2 aliphatic heterocycles. The average Bonchev–Trinajstić information content (AvgIpc) is 2.92. The molecule has 5 heteroatoms. The first-order valence-corrected chi connectivity index (χ1v) is 6.61. The highest BCUT2D eigenvalue weighted by atomic mass is 32.2. The molecule has 0 amide bonds. The van der Waals surface area contributed by atoms with Crippen LogP contribution in [0.1, 0.15) is 12.0 Å². The van der Waals surface area contributed by atoms with E-state index in [1.54, 1.807) is 18.2 Å². The summed E-state index contributed by atoms with van der Waals surface area (Å²) in [5.74, 6) is 1.19. The summed E-state index contributed by atoms with van der Waals surface area (Å²) in [7, 11) is -1.13. The van der Waals surface area contributed by atoms with Crippen molar-refractivity contribution < 1.29 is 4.21 Å². The standard InChI is InChI=1S/C7H5NOS.C3H5NS/c9-10-7-4-2-1-3-6(7)5-8-10;1-2-4-5-3-1/h1-5H;2H,1,3H2. The highest BCUT2D eigenvalue weighted by Gasteiger charge is 2.11. The van der Waals surface area contributed by atoms with Crippen molar-refractivity contribution in [3.63, 3.8) is 0 Å². The molecule has 3 nitrogen and oxygen atoms in total. The van der Waals surface area contributed by atoms with Crippen molar-refractivity contribution in [1.82, 2.24) is 0 Å². The molecule has 0 bridgehead atoms. The number of rotatable bonds is 0. The first-order valence-electron chi connectivity index (χ1n) is 4.57. The van der Waals surface area contributed by atoms with Crippen molar-refractivity contribution in [2.24, 2.45) is 8.80 Å². The van der Waals surface area contributed by atoms with Crippen molar-refractivity contribution in [2.45, 2.75) is 11.3 Å². The Balaban J connectivity index is 0.000000144. The molecule has 2 heterocycles. The largest absolute Gasteiger partial charge is 0.229 e. The zero-order valence-corrected chi connectivity index (χ0v) is 9.63. The fourth-order valence-corrected chi connectivity index (χ4v) is 2.54. The fraction of sp³-hybridized carbons (Fsp3) is 0.200. The lowest BCUT2D eigenvalue weighted by molar-refractivity contribution is 0.685. The molecule has 0 radical (unpaired) electrons. The molecule has 0 saturated heterocycles. The van der Waals surface area contributed by atoms with E-state index in [9.17, 15) is 4.21 Å². The van der Waals surface area contributed by atoms with Gasteiger partial charge in [-0.05, 0) is 24.4 Å². The van der Waals surface area contributed by atoms with Crippen LogP contribution in [0.25, 0.3) is 0 Å². The second-order valence-corrected chi connectivity index (χ2v) is 4.96. The van der Waals surface area contributed by atoms with Crippen molar-refractivity contribution in [1.29, 1.82) is 0 Å². The van der Waals surface area contributed by atoms with E-state index in [0.29, 0.717) is 0 Å². The lowest BCUT2D eigenvalue weighted by Crippen LogP contribution is -1.82. The molecular formula is C10H10N2OS2. The number of hydrogen-bond donors (Lipinski definition) is 0. The summed E-state index contributed by atoms with van der Waals surface area (Å²) in [6.45, 7) is 0. The van der Waals surface area contributed by atoms with E-state index >= 15 is 0 Å². The molecular weight excluding hydrogens is 228 g/mol. The van der Waals surface area contributed by atoms with Gasteiger partial charge in [0.2, 0.25) is 0 Å². The summed E-state index contributed by atoms with van der Waals surface area (Å²) in [5.41, 5.74) is 0.973. The van der Waals surface area contributed by atoms with Gasteiger partial charge in [-0.25, -0.2) is 8.61 Å². The molecule has 0 saturated carbocycles. The van der Waals surface area contributed by atoms with E-state index < -0.39 is 11.0 Å². The second kappa shape index (κ2) is 5.23. The smallest absolute Gasteiger partial charge is 0.173 e. The molecule has 1 atom stereocenters. The summed E-state index contributed by atoms with van der Waals surface area (Å²) >= 11 is 1.64. The number of fused-ring (bicyclic) bond motifs is 1. The topological polar surface area (TPSA) is 41.8 Å². The zero-order chi connectivity index (χ0) is 10.5. The highest BCUT2D eigenvalue weighted by Crippen LogP contribution is 2.17. The van der Waals surface area contributed by atoms with Crippen LogP contribution in [0.2, 0.25) is 0 Å². The molecule has 3 rings (SSSR count). The van der Waals surface area contributed by atoms with Crippen molar-refractivity contribution in [3.8, 4) is 0 Å². The van der Waals surface area contributed by atoms with Crippen LogP contribution < -0.4 is 0 Å². The van der Waals surface area contributed by atoms with E-state index in [1.807, 2.05) is 30.5 Å². The van der Waals surface area contributed by atoms with Gasteiger partial charge in [0.25, 0.3) is 0 Å². The van der Waals surface area contributed by atoms with Crippen LogP contribution in [0.3, 0.4) is 0 Å². The van der Waals surface area contributed by atoms with Gasteiger partial charge in [-0.3, -0.25) is 0 Å². The minimum absolute atomic E-state index is 0.822. The van der Waals surface area contributed by atoms with Crippen LogP contribution >= 0.6 is 11.9 Å². The number of benzene rings is 1. The molecule has 1 aromatic rings. The Morgan fingerprint density at radius 1 is 1.33 bits per heavy atom. The molecule has 0 fully saturated rings. The third-order valence-electron chi connectivity index (χ3n) is 1.88. The third-order valence-corrected chi connectivity index (χ3v) is 3.64. The maximum atomic E-state index is 11.0. The number of nitrogens with zero attached hydrogens (tertiary/aromatic N) is 2. The monoisotopic (exact) mass is 238 g/mol. The number of hydrogen-bond acceptors (Lipinski definition) is 3. The lowest BCUT2D eigenvalue weighted by atomic mass is 10.2. The van der Waals surface area contributed by atoms with Gasteiger partial charge in [0.15, 0.2) is 11.0 Å². The van der Waals surface area contributed by atoms with Crippen molar-refractivity contribution in [2.75, 3.05) is 5.75 Å². The van der Waals surface area contributed by atoms with Crippen LogP contribution in [0.4, 0.5) is 0 Å². The van der Waals surface area contributed by atoms with E-state index in [1.165, 1.54) is 12.2 Å². The maximum absolute atomic E-state index is 11.0. The van der Waals surface area contributed by atoms with Gasteiger partial charge in [-0.15, -0.1) is 0 Å². The Kier molecular flexibility index (Phi) is 3.69. The van der Waals surface area contributed by atoms with Gasteiger partial charge in [0.1, 0.15) is 0 Å². The van der Waals surface area contributed by atoms with E-state index in [-0.39, 0.29) is 0 Å². The molecule has 1 aromatic carbocycles. The lowest BCUT2D eigenvalue weighted by Gasteiger charge is -1.90. The van der Waals surface area contributed by atoms with Crippen LogP contribution in [-0.2, 0) is 11.0 Å². The predicted molar refractivity (Wildman–Crippen MR) is 66.0 cm³/mol. The third kappa shape index (κ3) is 2.76. The summed E-state index contributed by atoms with van der Waals surface area (Å²) in [6, 6.07) is 7.51. The highest BCUT2D eigenvalue weighted by molar-refractivity contribution is 7.98. The summed E-state index contributed by atoms with van der Waals surface area (Å²) < 4.78 is 18.6. The molecule has 0 spiro atoms. The normalized spacial score (nSPS) is 20.9. The Morgan fingerprint density at radius 3 is 2.80 bits per heavy atom. The molecule has 0 aromatic heterocycles. The maximum Gasteiger partial charge on any atom is 0.173 e. The minimum atomic E-state index is -1.13. The van der Waals surface area contributed by atoms with Gasteiger partial charge >= 0.3 is 0 Å². The first-order chi connectivity index (χ1) is 7.38.